The predicted molar refractivity (Wildman–Crippen MR) is 70.1 cm³/mol. The fourth-order valence-electron chi connectivity index (χ4n) is 2.29. The van der Waals surface area contributed by atoms with Gasteiger partial charge in [-0.1, -0.05) is 0 Å². The van der Waals surface area contributed by atoms with E-state index < -0.39 is 17.6 Å². The second-order valence-electron chi connectivity index (χ2n) is 4.76. The Morgan fingerprint density at radius 3 is 2.70 bits per heavy atom. The molecule has 1 heterocycles. The van der Waals surface area contributed by atoms with Gasteiger partial charge in [0.1, 0.15) is 5.84 Å². The third kappa shape index (κ3) is 2.87. The molecule has 1 fully saturated rings. The van der Waals surface area contributed by atoms with Crippen LogP contribution >= 0.6 is 0 Å². The number of amidine groups is 1. The van der Waals surface area contributed by atoms with Crippen LogP contribution in [-0.2, 0) is 10.9 Å². The molecule has 0 bridgehead atoms. The molecule has 0 saturated carbocycles. The number of nitrogens with one attached hydrogen (secondary N) is 1. The smallest absolute Gasteiger partial charge is 0.384 e. The highest BCUT2D eigenvalue weighted by Crippen LogP contribution is 2.34. The van der Waals surface area contributed by atoms with Gasteiger partial charge in [-0.05, 0) is 25.1 Å². The maximum Gasteiger partial charge on any atom is 0.417 e. The lowest BCUT2D eigenvalue weighted by atomic mass is 10.0. The first-order valence-corrected chi connectivity index (χ1v) is 6.20. The zero-order valence-electron chi connectivity index (χ0n) is 11.0. The Morgan fingerprint density at radius 2 is 2.15 bits per heavy atom. The molecular weight excluding hydrogens is 271 g/mol. The summed E-state index contributed by atoms with van der Waals surface area (Å²) in [5.41, 5.74) is 4.74. The van der Waals surface area contributed by atoms with Crippen LogP contribution in [-0.4, -0.2) is 31.6 Å². The van der Waals surface area contributed by atoms with E-state index in [0.29, 0.717) is 25.4 Å². The summed E-state index contributed by atoms with van der Waals surface area (Å²) in [6, 6.07) is 3.79. The Morgan fingerprint density at radius 1 is 1.45 bits per heavy atom. The van der Waals surface area contributed by atoms with Crippen LogP contribution in [0.1, 0.15) is 18.1 Å². The van der Waals surface area contributed by atoms with Crippen molar-refractivity contribution in [2.75, 3.05) is 24.7 Å². The Hall–Kier alpha value is -1.76. The number of rotatable bonds is 2. The maximum absolute atomic E-state index is 12.9. The molecule has 0 radical (unpaired) electrons. The van der Waals surface area contributed by atoms with Crippen molar-refractivity contribution in [3.63, 3.8) is 0 Å². The summed E-state index contributed by atoms with van der Waals surface area (Å²) in [5.74, 6) is -0.583. The highest BCUT2D eigenvalue weighted by Gasteiger charge is 2.34. The molecule has 3 N–H and O–H groups in total. The van der Waals surface area contributed by atoms with Gasteiger partial charge in [-0.15, -0.1) is 0 Å². The number of nitrogen functional groups attached to an aromatic ring is 1. The van der Waals surface area contributed by atoms with E-state index in [2.05, 4.69) is 0 Å². The SMILES string of the molecule is CC1COCCN1c1ccc(C(F)(F)F)c(C(=N)N)c1. The van der Waals surface area contributed by atoms with E-state index in [-0.39, 0.29) is 11.6 Å². The van der Waals surface area contributed by atoms with E-state index in [1.807, 2.05) is 11.8 Å². The van der Waals surface area contributed by atoms with Crippen LogP contribution in [0.25, 0.3) is 0 Å². The summed E-state index contributed by atoms with van der Waals surface area (Å²) in [5, 5.41) is 7.35. The lowest BCUT2D eigenvalue weighted by Gasteiger charge is -2.35. The molecule has 1 atom stereocenters. The highest BCUT2D eigenvalue weighted by atomic mass is 19.4. The van der Waals surface area contributed by atoms with Gasteiger partial charge >= 0.3 is 6.18 Å². The Kier molecular flexibility index (Phi) is 3.89. The first kappa shape index (κ1) is 14.6. The lowest BCUT2D eigenvalue weighted by Crippen LogP contribution is -2.43. The molecule has 7 heteroatoms. The van der Waals surface area contributed by atoms with Gasteiger partial charge in [-0.25, -0.2) is 0 Å². The molecule has 1 saturated heterocycles. The fourth-order valence-corrected chi connectivity index (χ4v) is 2.29. The number of halogens is 3. The topological polar surface area (TPSA) is 62.3 Å². The Bertz CT molecular complexity index is 516. The molecule has 20 heavy (non-hydrogen) atoms. The second-order valence-corrected chi connectivity index (χ2v) is 4.76. The quantitative estimate of drug-likeness (QED) is 0.647. The molecule has 0 amide bonds. The molecule has 1 aromatic carbocycles. The molecule has 0 aliphatic carbocycles. The average Bonchev–Trinajstić information content (AvgIpc) is 2.37. The van der Waals surface area contributed by atoms with Crippen LogP contribution in [0.5, 0.6) is 0 Å². The third-order valence-electron chi connectivity index (χ3n) is 3.30. The van der Waals surface area contributed by atoms with E-state index in [4.69, 9.17) is 15.9 Å². The number of alkyl halides is 3. The van der Waals surface area contributed by atoms with Crippen LogP contribution in [0, 0.1) is 5.41 Å². The maximum atomic E-state index is 12.9. The van der Waals surface area contributed by atoms with Crippen molar-refractivity contribution in [2.24, 2.45) is 5.73 Å². The van der Waals surface area contributed by atoms with E-state index in [9.17, 15) is 13.2 Å². The van der Waals surface area contributed by atoms with E-state index >= 15 is 0 Å². The Balaban J connectivity index is 2.42. The molecule has 0 spiro atoms. The number of hydrogen-bond acceptors (Lipinski definition) is 3. The van der Waals surface area contributed by atoms with E-state index in [1.165, 1.54) is 12.1 Å². The van der Waals surface area contributed by atoms with Crippen molar-refractivity contribution in [3.8, 4) is 0 Å². The minimum absolute atomic E-state index is 0.0697. The zero-order valence-corrected chi connectivity index (χ0v) is 11.0. The highest BCUT2D eigenvalue weighted by molar-refractivity contribution is 5.97. The normalized spacial score (nSPS) is 20.0. The fraction of sp³-hybridized carbons (Fsp3) is 0.462. The molecule has 1 aliphatic rings. The number of nitrogens with zero attached hydrogens (tertiary/aromatic N) is 1. The summed E-state index contributed by atoms with van der Waals surface area (Å²) in [6.07, 6.45) is -4.52. The summed E-state index contributed by atoms with van der Waals surface area (Å²) in [7, 11) is 0. The standard InChI is InChI=1S/C13H16F3N3O/c1-8-7-20-5-4-19(8)9-2-3-11(13(14,15)16)10(6-9)12(17)18/h2-3,6,8H,4-5,7H2,1H3,(H3,17,18). The van der Waals surface area contributed by atoms with Crippen LogP contribution in [0.2, 0.25) is 0 Å². The van der Waals surface area contributed by atoms with Crippen molar-refractivity contribution >= 4 is 11.5 Å². The molecule has 1 aromatic rings. The molecule has 1 aliphatic heterocycles. The number of anilines is 1. The number of benzene rings is 1. The minimum Gasteiger partial charge on any atom is -0.384 e. The average molecular weight is 287 g/mol. The van der Waals surface area contributed by atoms with Crippen LogP contribution < -0.4 is 10.6 Å². The van der Waals surface area contributed by atoms with Gasteiger partial charge < -0.3 is 15.4 Å². The largest absolute Gasteiger partial charge is 0.417 e. The van der Waals surface area contributed by atoms with Gasteiger partial charge in [0.05, 0.1) is 18.8 Å². The molecule has 2 rings (SSSR count). The van der Waals surface area contributed by atoms with Crippen LogP contribution in [0.4, 0.5) is 18.9 Å². The summed E-state index contributed by atoms with van der Waals surface area (Å²) < 4.78 is 43.9. The zero-order chi connectivity index (χ0) is 14.9. The monoisotopic (exact) mass is 287 g/mol. The number of ether oxygens (including phenoxy) is 1. The molecule has 0 aromatic heterocycles. The lowest BCUT2D eigenvalue weighted by molar-refractivity contribution is -0.137. The molecule has 1 unspecified atom stereocenters. The van der Waals surface area contributed by atoms with Gasteiger partial charge in [0.25, 0.3) is 0 Å². The summed E-state index contributed by atoms with van der Waals surface area (Å²) >= 11 is 0. The van der Waals surface area contributed by atoms with E-state index in [1.54, 1.807) is 0 Å². The number of morpholine rings is 1. The first-order valence-electron chi connectivity index (χ1n) is 6.20. The van der Waals surface area contributed by atoms with Crippen LogP contribution in [0.3, 0.4) is 0 Å². The van der Waals surface area contributed by atoms with Crippen molar-refractivity contribution in [2.45, 2.75) is 19.1 Å². The van der Waals surface area contributed by atoms with Gasteiger partial charge in [0.2, 0.25) is 0 Å². The molecule has 110 valence electrons. The third-order valence-corrected chi connectivity index (χ3v) is 3.30. The van der Waals surface area contributed by atoms with Gasteiger partial charge in [0.15, 0.2) is 0 Å². The summed E-state index contributed by atoms with van der Waals surface area (Å²) in [4.78, 5) is 1.95. The first-order chi connectivity index (χ1) is 9.30. The van der Waals surface area contributed by atoms with Crippen molar-refractivity contribution in [1.29, 1.82) is 5.41 Å². The van der Waals surface area contributed by atoms with Crippen molar-refractivity contribution < 1.29 is 17.9 Å². The van der Waals surface area contributed by atoms with Gasteiger partial charge in [-0.3, -0.25) is 5.41 Å². The summed E-state index contributed by atoms with van der Waals surface area (Å²) in [6.45, 7) is 3.59. The molecule has 4 nitrogen and oxygen atoms in total. The van der Waals surface area contributed by atoms with Gasteiger partial charge in [-0.2, -0.15) is 13.2 Å². The van der Waals surface area contributed by atoms with Crippen LogP contribution in [0.15, 0.2) is 18.2 Å². The predicted octanol–water partition coefficient (Wildman–Crippen LogP) is 2.21. The van der Waals surface area contributed by atoms with E-state index in [0.717, 1.165) is 6.07 Å². The van der Waals surface area contributed by atoms with Crippen molar-refractivity contribution in [3.05, 3.63) is 29.3 Å². The minimum atomic E-state index is -4.52. The van der Waals surface area contributed by atoms with Crippen molar-refractivity contribution in [1.82, 2.24) is 0 Å². The van der Waals surface area contributed by atoms with Gasteiger partial charge in [0, 0.05) is 23.8 Å². The number of hydrogen-bond donors (Lipinski definition) is 2. The second kappa shape index (κ2) is 5.32. The number of nitrogens with two attached hydrogens (primary N) is 1. The molecular formula is C13H16F3N3O. The Labute approximate surface area is 114 Å².